The lowest BCUT2D eigenvalue weighted by molar-refractivity contribution is -0.133. The molecule has 3 amide bonds. The normalized spacial score (nSPS) is 22.5. The highest BCUT2D eigenvalue weighted by atomic mass is 32.2. The van der Waals surface area contributed by atoms with Gasteiger partial charge in [-0.15, -0.1) is 11.3 Å². The van der Waals surface area contributed by atoms with E-state index in [0.29, 0.717) is 30.5 Å². The Balaban J connectivity index is 1.62. The van der Waals surface area contributed by atoms with Crippen LogP contribution in [0.25, 0.3) is 0 Å². The number of aromatic nitrogens is 1. The molecule has 1 aromatic heterocycles. The van der Waals surface area contributed by atoms with Crippen molar-refractivity contribution in [1.29, 1.82) is 0 Å². The number of hydrogen-bond acceptors (Lipinski definition) is 9. The minimum absolute atomic E-state index is 0.0718. The fourth-order valence-electron chi connectivity index (χ4n) is 6.83. The van der Waals surface area contributed by atoms with Gasteiger partial charge >= 0.3 is 0 Å². The molecule has 1 aromatic carbocycles. The van der Waals surface area contributed by atoms with E-state index in [1.165, 1.54) is 13.8 Å². The number of likely N-dealkylation sites (tertiary alicyclic amines) is 1. The van der Waals surface area contributed by atoms with Gasteiger partial charge in [-0.25, -0.2) is 13.4 Å². The van der Waals surface area contributed by atoms with Crippen LogP contribution in [0.3, 0.4) is 0 Å². The lowest BCUT2D eigenvalue weighted by Crippen LogP contribution is -2.64. The second kappa shape index (κ2) is 15.3. The van der Waals surface area contributed by atoms with E-state index >= 15 is 0 Å². The van der Waals surface area contributed by atoms with Crippen molar-refractivity contribution in [2.24, 2.45) is 11.8 Å². The first-order valence-corrected chi connectivity index (χ1v) is 19.6. The Morgan fingerprint density at radius 1 is 1.04 bits per heavy atom. The van der Waals surface area contributed by atoms with Crippen LogP contribution in [0, 0.1) is 18.8 Å². The number of piperidine rings is 1. The monoisotopic (exact) mass is 703 g/mol. The molecule has 6 atom stereocenters. The van der Waals surface area contributed by atoms with E-state index in [4.69, 9.17) is 0 Å². The summed E-state index contributed by atoms with van der Waals surface area (Å²) in [5.41, 5.74) is 1.07. The molecular formula is C35H53N5O6S2. The van der Waals surface area contributed by atoms with Gasteiger partial charge in [0.1, 0.15) is 6.04 Å². The SMILES string of the molecule is Cc1csc(C(=O)N[C@H](C(=O)N[C@@H](Cc2ccccc2)[C@H](O)CN2CC3CCCCC3C[C@H]2C(=O)NC(C)(C)C)C(C)(C)S(C)(=O)=O)n1. The fourth-order valence-corrected chi connectivity index (χ4v) is 8.12. The maximum atomic E-state index is 14.1. The third-order valence-electron chi connectivity index (χ3n) is 9.82. The van der Waals surface area contributed by atoms with Crippen LogP contribution in [-0.4, -0.2) is 95.0 Å². The molecule has 11 nitrogen and oxygen atoms in total. The quantitative estimate of drug-likeness (QED) is 0.263. The lowest BCUT2D eigenvalue weighted by atomic mass is 9.72. The molecule has 4 N–H and O–H groups in total. The first kappa shape index (κ1) is 37.9. The number of β-amino-alcohol motifs (C(OH)–C–C–N with tert-alkyl or cyclic N) is 1. The smallest absolute Gasteiger partial charge is 0.280 e. The standard InChI is InChI=1S/C35H53N5O6S2/c1-22-21-47-33(36-22)32(44)38-29(35(5,6)48(7,45)46)31(43)37-26(17-23-13-9-8-10-14-23)28(41)20-40-19-25-16-12-11-15-24(25)18-27(40)30(42)39-34(2,3)4/h8-10,13-14,21,24-29,41H,11-12,15-20H2,1-7H3,(H,37,43)(H,38,44)(H,39,42)/t24?,25?,26-,27-,28+,29+/m0/s1. The van der Waals surface area contributed by atoms with Gasteiger partial charge in [0.15, 0.2) is 14.8 Å². The largest absolute Gasteiger partial charge is 0.390 e. The van der Waals surface area contributed by atoms with Crippen molar-refractivity contribution in [3.63, 3.8) is 0 Å². The number of aliphatic hydroxyl groups is 1. The molecule has 2 unspecified atom stereocenters. The van der Waals surface area contributed by atoms with Gasteiger partial charge in [0.2, 0.25) is 11.8 Å². The van der Waals surface area contributed by atoms with Crippen LogP contribution in [0.1, 0.15) is 87.8 Å². The van der Waals surface area contributed by atoms with E-state index in [1.54, 1.807) is 12.3 Å². The summed E-state index contributed by atoms with van der Waals surface area (Å²) in [6.07, 6.45) is 5.35. The van der Waals surface area contributed by atoms with Crippen molar-refractivity contribution in [2.45, 2.75) is 115 Å². The van der Waals surface area contributed by atoms with Crippen molar-refractivity contribution in [3.05, 3.63) is 52.0 Å². The molecule has 1 saturated heterocycles. The number of fused-ring (bicyclic) bond motifs is 1. The van der Waals surface area contributed by atoms with Crippen molar-refractivity contribution < 1.29 is 27.9 Å². The summed E-state index contributed by atoms with van der Waals surface area (Å²) < 4.78 is 24.2. The molecule has 0 bridgehead atoms. The Kier molecular flexibility index (Phi) is 12.1. The van der Waals surface area contributed by atoms with Gasteiger partial charge in [0.05, 0.1) is 22.9 Å². The summed E-state index contributed by atoms with van der Waals surface area (Å²) in [6.45, 7) is 11.2. The molecule has 1 aliphatic heterocycles. The molecule has 1 aliphatic carbocycles. The van der Waals surface area contributed by atoms with Gasteiger partial charge in [-0.2, -0.15) is 0 Å². The Hall–Kier alpha value is -2.87. The number of carbonyl (C=O) groups excluding carboxylic acids is 3. The average Bonchev–Trinajstić information content (AvgIpc) is 3.44. The average molecular weight is 704 g/mol. The third kappa shape index (κ3) is 9.64. The van der Waals surface area contributed by atoms with Crippen molar-refractivity contribution in [3.8, 4) is 0 Å². The van der Waals surface area contributed by atoms with Gasteiger partial charge in [-0.3, -0.25) is 19.3 Å². The number of hydrogen-bond donors (Lipinski definition) is 4. The maximum Gasteiger partial charge on any atom is 0.280 e. The second-order valence-corrected chi connectivity index (χ2v) is 18.7. The zero-order chi connectivity index (χ0) is 35.4. The summed E-state index contributed by atoms with van der Waals surface area (Å²) >= 11 is 1.10. The van der Waals surface area contributed by atoms with Gasteiger partial charge in [0, 0.05) is 36.0 Å². The number of sulfone groups is 1. The van der Waals surface area contributed by atoms with Crippen LogP contribution in [-0.2, 0) is 25.8 Å². The Bertz CT molecular complexity index is 1540. The van der Waals surface area contributed by atoms with Gasteiger partial charge in [0.25, 0.3) is 5.91 Å². The van der Waals surface area contributed by atoms with Crippen LogP contribution in [0.2, 0.25) is 0 Å². The topological polar surface area (TPSA) is 158 Å². The summed E-state index contributed by atoms with van der Waals surface area (Å²) in [4.78, 5) is 47.2. The summed E-state index contributed by atoms with van der Waals surface area (Å²) in [5.74, 6) is -0.589. The van der Waals surface area contributed by atoms with E-state index in [0.717, 1.165) is 48.8 Å². The number of thiazole rings is 1. The highest BCUT2D eigenvalue weighted by Crippen LogP contribution is 2.39. The Morgan fingerprint density at radius 3 is 2.27 bits per heavy atom. The highest BCUT2D eigenvalue weighted by Gasteiger charge is 2.46. The number of carbonyl (C=O) groups is 3. The first-order chi connectivity index (χ1) is 22.4. The number of aryl methyl sites for hydroxylation is 1. The maximum absolute atomic E-state index is 14.1. The van der Waals surface area contributed by atoms with Gasteiger partial charge < -0.3 is 21.1 Å². The van der Waals surface area contributed by atoms with Crippen LogP contribution < -0.4 is 16.0 Å². The fraction of sp³-hybridized carbons (Fsp3) is 0.657. The molecule has 13 heteroatoms. The molecule has 0 radical (unpaired) electrons. The lowest BCUT2D eigenvalue weighted by Gasteiger charge is -2.47. The predicted octanol–water partition coefficient (Wildman–Crippen LogP) is 3.26. The van der Waals surface area contributed by atoms with Crippen LogP contribution in [0.5, 0.6) is 0 Å². The number of nitrogens with zero attached hydrogens (tertiary/aromatic N) is 2. The van der Waals surface area contributed by atoms with Crippen molar-refractivity contribution in [1.82, 2.24) is 25.8 Å². The van der Waals surface area contributed by atoms with E-state index in [2.05, 4.69) is 25.8 Å². The Morgan fingerprint density at radius 2 is 1.69 bits per heavy atom. The molecule has 2 aliphatic rings. The molecule has 2 heterocycles. The third-order valence-corrected chi connectivity index (χ3v) is 12.9. The van der Waals surface area contributed by atoms with Crippen LogP contribution >= 0.6 is 11.3 Å². The van der Waals surface area contributed by atoms with Crippen LogP contribution in [0.15, 0.2) is 35.7 Å². The first-order valence-electron chi connectivity index (χ1n) is 16.9. The number of rotatable bonds is 12. The second-order valence-electron chi connectivity index (χ2n) is 15.2. The van der Waals surface area contributed by atoms with Crippen molar-refractivity contribution in [2.75, 3.05) is 19.3 Å². The van der Waals surface area contributed by atoms with Crippen LogP contribution in [0.4, 0.5) is 0 Å². The molecule has 4 rings (SSSR count). The van der Waals surface area contributed by atoms with E-state index in [-0.39, 0.29) is 23.9 Å². The zero-order valence-electron chi connectivity index (χ0n) is 29.3. The number of amides is 3. The van der Waals surface area contributed by atoms with Gasteiger partial charge in [-0.05, 0) is 78.2 Å². The Labute approximate surface area is 289 Å². The molecule has 1 saturated carbocycles. The minimum atomic E-state index is -3.86. The summed E-state index contributed by atoms with van der Waals surface area (Å²) in [5, 5.41) is 22.4. The minimum Gasteiger partial charge on any atom is -0.390 e. The van der Waals surface area contributed by atoms with Crippen molar-refractivity contribution >= 4 is 38.9 Å². The zero-order valence-corrected chi connectivity index (χ0v) is 30.9. The summed E-state index contributed by atoms with van der Waals surface area (Å²) in [7, 11) is -3.86. The molecule has 48 heavy (non-hydrogen) atoms. The highest BCUT2D eigenvalue weighted by molar-refractivity contribution is 7.92. The van der Waals surface area contributed by atoms with Gasteiger partial charge in [-0.1, -0.05) is 49.6 Å². The summed E-state index contributed by atoms with van der Waals surface area (Å²) in [6, 6.07) is 6.63. The number of aliphatic hydroxyl groups excluding tert-OH is 1. The predicted molar refractivity (Wildman–Crippen MR) is 188 cm³/mol. The number of nitrogens with one attached hydrogen (secondary N) is 3. The molecule has 2 fully saturated rings. The molecule has 0 spiro atoms. The van der Waals surface area contributed by atoms with E-state index in [9.17, 15) is 27.9 Å². The van der Waals surface area contributed by atoms with E-state index in [1.807, 2.05) is 51.1 Å². The molecule has 2 aromatic rings. The van der Waals surface area contributed by atoms with E-state index < -0.39 is 56.2 Å². The molecule has 266 valence electrons. The molecular weight excluding hydrogens is 651 g/mol. The number of benzene rings is 1.